The van der Waals surface area contributed by atoms with Crippen molar-refractivity contribution in [1.29, 1.82) is 0 Å². The van der Waals surface area contributed by atoms with E-state index in [2.05, 4.69) is 15.3 Å². The maximum atomic E-state index is 12.9. The molecule has 1 saturated heterocycles. The molecule has 0 radical (unpaired) electrons. The van der Waals surface area contributed by atoms with Gasteiger partial charge in [-0.25, -0.2) is 5.10 Å². The first-order valence-corrected chi connectivity index (χ1v) is 11.2. The zero-order valence-electron chi connectivity index (χ0n) is 18.1. The third-order valence-electron chi connectivity index (χ3n) is 5.97. The fourth-order valence-corrected chi connectivity index (χ4v) is 4.40. The molecule has 2 aromatic carbocycles. The Morgan fingerprint density at radius 3 is 2.35 bits per heavy atom. The fourth-order valence-electron chi connectivity index (χ4n) is 4.16. The summed E-state index contributed by atoms with van der Waals surface area (Å²) in [4.78, 5) is 41.4. The number of hydrogen-bond acceptors (Lipinski definition) is 6. The predicted molar refractivity (Wildman–Crippen MR) is 130 cm³/mol. The second-order valence-electron chi connectivity index (χ2n) is 7.99. The van der Waals surface area contributed by atoms with Gasteiger partial charge in [0.1, 0.15) is 5.02 Å². The van der Waals surface area contributed by atoms with Gasteiger partial charge >= 0.3 is 0 Å². The largest absolute Gasteiger partial charge is 0.365 e. The molecule has 0 aliphatic carbocycles. The SMILES string of the molecule is O=C(Cc1n[nH]c(=O)c2ccccc12)N1CCN(c2cnn(-c3ccccc3)c(=O)c2Cl)CC1. The Hall–Kier alpha value is -3.98. The normalized spacial score (nSPS) is 13.9. The maximum Gasteiger partial charge on any atom is 0.292 e. The van der Waals surface area contributed by atoms with Crippen LogP contribution in [0.15, 0.2) is 70.4 Å². The standard InChI is InChI=1S/C24H21ClN6O3/c25-22-20(15-26-31(24(22)34)16-6-2-1-3-7-16)29-10-12-30(13-11-29)21(32)14-19-17-8-4-5-9-18(17)23(33)28-27-19/h1-9,15H,10-14H2,(H,28,33). The van der Waals surface area contributed by atoms with Crippen LogP contribution in [0.4, 0.5) is 5.69 Å². The smallest absolute Gasteiger partial charge is 0.292 e. The van der Waals surface area contributed by atoms with Crippen molar-refractivity contribution in [1.82, 2.24) is 24.9 Å². The summed E-state index contributed by atoms with van der Waals surface area (Å²) >= 11 is 6.42. The molecule has 1 aliphatic heterocycles. The van der Waals surface area contributed by atoms with E-state index in [1.807, 2.05) is 29.2 Å². The van der Waals surface area contributed by atoms with Gasteiger partial charge < -0.3 is 9.80 Å². The predicted octanol–water partition coefficient (Wildman–Crippen LogP) is 2.01. The average molecular weight is 477 g/mol. The van der Waals surface area contributed by atoms with Crippen molar-refractivity contribution in [3.63, 3.8) is 0 Å². The van der Waals surface area contributed by atoms with Crippen molar-refractivity contribution in [2.75, 3.05) is 31.1 Å². The van der Waals surface area contributed by atoms with Gasteiger partial charge in [0, 0.05) is 31.6 Å². The number of carbonyl (C=O) groups is 1. The second-order valence-corrected chi connectivity index (χ2v) is 8.36. The number of aromatic nitrogens is 4. The van der Waals surface area contributed by atoms with Crippen LogP contribution in [0.5, 0.6) is 0 Å². The molecule has 1 fully saturated rings. The highest BCUT2D eigenvalue weighted by Crippen LogP contribution is 2.23. The van der Waals surface area contributed by atoms with Crippen LogP contribution in [-0.2, 0) is 11.2 Å². The molecule has 0 atom stereocenters. The third-order valence-corrected chi connectivity index (χ3v) is 6.32. The molecule has 4 aromatic rings. The van der Waals surface area contributed by atoms with Crippen LogP contribution in [0, 0.1) is 0 Å². The minimum Gasteiger partial charge on any atom is -0.365 e. The number of H-pyrrole nitrogens is 1. The summed E-state index contributed by atoms with van der Waals surface area (Å²) < 4.78 is 1.27. The van der Waals surface area contributed by atoms with Crippen LogP contribution in [0.25, 0.3) is 16.5 Å². The number of amides is 1. The van der Waals surface area contributed by atoms with Crippen molar-refractivity contribution in [3.05, 3.63) is 92.2 Å². The number of rotatable bonds is 4. The molecule has 3 heterocycles. The zero-order chi connectivity index (χ0) is 23.7. The van der Waals surface area contributed by atoms with Gasteiger partial charge in [-0.3, -0.25) is 14.4 Å². The molecule has 10 heteroatoms. The van der Waals surface area contributed by atoms with E-state index in [1.54, 1.807) is 41.4 Å². The van der Waals surface area contributed by atoms with Gasteiger partial charge in [0.2, 0.25) is 5.91 Å². The van der Waals surface area contributed by atoms with E-state index in [1.165, 1.54) is 4.68 Å². The average Bonchev–Trinajstić information content (AvgIpc) is 2.88. The highest BCUT2D eigenvalue weighted by atomic mass is 35.5. The Balaban J connectivity index is 1.29. The topological polar surface area (TPSA) is 104 Å². The van der Waals surface area contributed by atoms with E-state index in [0.717, 1.165) is 0 Å². The molecular weight excluding hydrogens is 456 g/mol. The number of aromatic amines is 1. The van der Waals surface area contributed by atoms with Gasteiger partial charge in [-0.05, 0) is 18.2 Å². The van der Waals surface area contributed by atoms with Gasteiger partial charge in [0.25, 0.3) is 11.1 Å². The summed E-state index contributed by atoms with van der Waals surface area (Å²) in [6.07, 6.45) is 1.68. The van der Waals surface area contributed by atoms with Crippen LogP contribution in [0.3, 0.4) is 0 Å². The van der Waals surface area contributed by atoms with E-state index < -0.39 is 0 Å². The Morgan fingerprint density at radius 1 is 0.941 bits per heavy atom. The number of anilines is 1. The number of piperazine rings is 1. The molecule has 5 rings (SSSR count). The summed E-state index contributed by atoms with van der Waals surface area (Å²) in [5, 5.41) is 12.1. The Kier molecular flexibility index (Phi) is 5.85. The van der Waals surface area contributed by atoms with Gasteiger partial charge in [0.15, 0.2) is 0 Å². The lowest BCUT2D eigenvalue weighted by atomic mass is 10.1. The monoisotopic (exact) mass is 476 g/mol. The number of halogens is 1. The first kappa shape index (κ1) is 21.8. The van der Waals surface area contributed by atoms with Gasteiger partial charge in [0.05, 0.1) is 35.1 Å². The third kappa shape index (κ3) is 4.06. The Morgan fingerprint density at radius 2 is 1.62 bits per heavy atom. The summed E-state index contributed by atoms with van der Waals surface area (Å²) in [6, 6.07) is 16.2. The molecular formula is C24H21ClN6O3. The number of nitrogens with one attached hydrogen (secondary N) is 1. The van der Waals surface area contributed by atoms with E-state index in [4.69, 9.17) is 11.6 Å². The van der Waals surface area contributed by atoms with Crippen molar-refractivity contribution < 1.29 is 4.79 Å². The second kappa shape index (κ2) is 9.11. The van der Waals surface area contributed by atoms with Crippen LogP contribution in [-0.4, -0.2) is 57.0 Å². The van der Waals surface area contributed by atoms with E-state index >= 15 is 0 Å². The van der Waals surface area contributed by atoms with Crippen molar-refractivity contribution in [2.24, 2.45) is 0 Å². The van der Waals surface area contributed by atoms with Gasteiger partial charge in [-0.1, -0.05) is 48.0 Å². The lowest BCUT2D eigenvalue weighted by Gasteiger charge is -2.36. The molecule has 0 spiro atoms. The molecule has 34 heavy (non-hydrogen) atoms. The lowest BCUT2D eigenvalue weighted by Crippen LogP contribution is -2.49. The minimum atomic E-state index is -0.389. The number of hydrogen-bond donors (Lipinski definition) is 1. The summed E-state index contributed by atoms with van der Waals surface area (Å²) in [6.45, 7) is 1.97. The highest BCUT2D eigenvalue weighted by Gasteiger charge is 2.25. The van der Waals surface area contributed by atoms with E-state index in [-0.39, 0.29) is 28.5 Å². The molecule has 0 unspecified atom stereocenters. The first-order valence-electron chi connectivity index (χ1n) is 10.8. The van der Waals surface area contributed by atoms with Crippen molar-refractivity contribution >= 4 is 34.0 Å². The minimum absolute atomic E-state index is 0.0759. The van der Waals surface area contributed by atoms with Crippen molar-refractivity contribution in [3.8, 4) is 5.69 Å². The maximum absolute atomic E-state index is 12.9. The van der Waals surface area contributed by atoms with Crippen LogP contribution in [0.2, 0.25) is 5.02 Å². The number of carbonyl (C=O) groups excluding carboxylic acids is 1. The Bertz CT molecular complexity index is 1480. The number of benzene rings is 2. The summed E-state index contributed by atoms with van der Waals surface area (Å²) in [7, 11) is 0. The molecule has 9 nitrogen and oxygen atoms in total. The molecule has 1 amide bonds. The van der Waals surface area contributed by atoms with E-state index in [9.17, 15) is 14.4 Å². The zero-order valence-corrected chi connectivity index (χ0v) is 18.9. The van der Waals surface area contributed by atoms with Crippen molar-refractivity contribution in [2.45, 2.75) is 6.42 Å². The lowest BCUT2D eigenvalue weighted by molar-refractivity contribution is -0.130. The molecule has 172 valence electrons. The van der Waals surface area contributed by atoms with E-state index in [0.29, 0.717) is 54.0 Å². The summed E-state index contributed by atoms with van der Waals surface area (Å²) in [5.41, 5.74) is 1.07. The quantitative estimate of drug-likeness (QED) is 0.483. The fraction of sp³-hybridized carbons (Fsp3) is 0.208. The van der Waals surface area contributed by atoms with Crippen LogP contribution >= 0.6 is 11.6 Å². The highest BCUT2D eigenvalue weighted by molar-refractivity contribution is 6.33. The van der Waals surface area contributed by atoms with Crippen LogP contribution < -0.4 is 16.0 Å². The molecule has 1 N–H and O–H groups in total. The van der Waals surface area contributed by atoms with Crippen LogP contribution in [0.1, 0.15) is 5.69 Å². The molecule has 1 aliphatic rings. The molecule has 2 aromatic heterocycles. The van der Waals surface area contributed by atoms with Gasteiger partial charge in [-0.15, -0.1) is 0 Å². The number of nitrogens with zero attached hydrogens (tertiary/aromatic N) is 5. The van der Waals surface area contributed by atoms with Gasteiger partial charge in [-0.2, -0.15) is 14.9 Å². The first-order chi connectivity index (χ1) is 16.5. The number of fused-ring (bicyclic) bond motifs is 1. The molecule has 0 bridgehead atoms. The number of para-hydroxylation sites is 1. The summed E-state index contributed by atoms with van der Waals surface area (Å²) in [5.74, 6) is -0.0759. The Labute approximate surface area is 199 Å². The molecule has 0 saturated carbocycles.